The van der Waals surface area contributed by atoms with Crippen LogP contribution in [0.25, 0.3) is 0 Å². The molecule has 0 radical (unpaired) electrons. The smallest absolute Gasteiger partial charge is 0.399 e. The summed E-state index contributed by atoms with van der Waals surface area (Å²) in [6.07, 6.45) is -8.66. The van der Waals surface area contributed by atoms with Crippen LogP contribution in [-0.2, 0) is 18.9 Å². The fourth-order valence-corrected chi connectivity index (χ4v) is 3.07. The molecule has 0 saturated heterocycles. The normalized spacial score (nSPS) is 12.1. The van der Waals surface area contributed by atoms with E-state index < -0.39 is 35.1 Å². The van der Waals surface area contributed by atoms with Crippen LogP contribution in [0.4, 0.5) is 37.7 Å². The van der Waals surface area contributed by atoms with Crippen LogP contribution in [0.5, 0.6) is 0 Å². The molecule has 0 aliphatic carbocycles. The van der Waals surface area contributed by atoms with Crippen LogP contribution >= 0.6 is 0 Å². The number of nitrogen functional groups attached to an aromatic ring is 1. The van der Waals surface area contributed by atoms with Gasteiger partial charge in [0.05, 0.1) is 28.9 Å². The van der Waals surface area contributed by atoms with Crippen molar-refractivity contribution in [2.75, 3.05) is 11.1 Å². The number of hydrogen-bond acceptors (Lipinski definition) is 3. The zero-order valence-electron chi connectivity index (χ0n) is 16.9. The number of alkyl halides is 6. The Balaban J connectivity index is 1.86. The first-order valence-electron chi connectivity index (χ1n) is 9.24. The maximum absolute atomic E-state index is 13.0. The summed E-state index contributed by atoms with van der Waals surface area (Å²) in [6, 6.07) is 6.23. The van der Waals surface area contributed by atoms with Gasteiger partial charge in [0.25, 0.3) is 5.91 Å². The van der Waals surface area contributed by atoms with Crippen molar-refractivity contribution in [2.24, 2.45) is 0 Å². The van der Waals surface area contributed by atoms with E-state index >= 15 is 0 Å². The zero-order chi connectivity index (χ0) is 23.8. The van der Waals surface area contributed by atoms with Crippen LogP contribution in [0, 0.1) is 13.8 Å². The third-order valence-corrected chi connectivity index (χ3v) is 4.72. The van der Waals surface area contributed by atoms with Crippen LogP contribution in [0.1, 0.15) is 38.3 Å². The van der Waals surface area contributed by atoms with E-state index in [2.05, 4.69) is 10.4 Å². The Hall–Kier alpha value is -3.50. The molecule has 3 aromatic rings. The molecule has 0 spiro atoms. The van der Waals surface area contributed by atoms with Crippen molar-refractivity contribution >= 4 is 17.3 Å². The fraction of sp³-hybridized carbons (Fsp3) is 0.238. The number of carbonyl (C=O) groups excluding carboxylic acids is 1. The molecule has 0 aliphatic rings. The quantitative estimate of drug-likeness (QED) is 0.407. The molecular formula is C21H18F6N4O. The number of nitrogens with zero attached hydrogens (tertiary/aromatic N) is 2. The molecule has 0 bridgehead atoms. The molecule has 11 heteroatoms. The van der Waals surface area contributed by atoms with E-state index in [-0.39, 0.29) is 23.9 Å². The molecule has 5 nitrogen and oxygen atoms in total. The lowest BCUT2D eigenvalue weighted by Gasteiger charge is -2.14. The minimum Gasteiger partial charge on any atom is -0.399 e. The molecule has 3 rings (SSSR count). The van der Waals surface area contributed by atoms with Crippen molar-refractivity contribution in [2.45, 2.75) is 32.7 Å². The minimum absolute atomic E-state index is 0.00641. The number of aryl methyl sites for hydroxylation is 2. The summed E-state index contributed by atoms with van der Waals surface area (Å²) in [5, 5.41) is 6.31. The number of rotatable bonds is 4. The highest BCUT2D eigenvalue weighted by molar-refractivity contribution is 6.05. The lowest BCUT2D eigenvalue weighted by atomic mass is 10.1. The van der Waals surface area contributed by atoms with Gasteiger partial charge in [-0.2, -0.15) is 31.4 Å². The number of nitrogens with one attached hydrogen (secondary N) is 1. The molecule has 1 heterocycles. The summed E-state index contributed by atoms with van der Waals surface area (Å²) in [5.41, 5.74) is 4.71. The molecule has 2 aromatic carbocycles. The van der Waals surface area contributed by atoms with E-state index in [0.29, 0.717) is 17.8 Å². The predicted octanol–water partition coefficient (Wildman–Crippen LogP) is 5.42. The number of benzene rings is 2. The van der Waals surface area contributed by atoms with Gasteiger partial charge in [-0.05, 0) is 49.2 Å². The Morgan fingerprint density at radius 3 is 2.12 bits per heavy atom. The highest BCUT2D eigenvalue weighted by Gasteiger charge is 2.37. The zero-order valence-corrected chi connectivity index (χ0v) is 16.9. The first kappa shape index (κ1) is 23.2. The summed E-state index contributed by atoms with van der Waals surface area (Å²) < 4.78 is 79.6. The maximum Gasteiger partial charge on any atom is 0.416 e. The standard InChI is InChI=1S/C21H18F6N4O/c1-11-5-13(3-4-18(11)28)9-31-10-17(12(2)30-31)19(32)29-16-7-14(20(22,23)24)6-15(8-16)21(25,26)27/h3-8,10H,9,28H2,1-2H3,(H,29,32). The van der Waals surface area contributed by atoms with Crippen molar-refractivity contribution in [1.29, 1.82) is 0 Å². The monoisotopic (exact) mass is 456 g/mol. The molecule has 0 unspecified atom stereocenters. The van der Waals surface area contributed by atoms with Gasteiger partial charge in [-0.3, -0.25) is 9.48 Å². The van der Waals surface area contributed by atoms with Gasteiger partial charge in [0.2, 0.25) is 0 Å². The van der Waals surface area contributed by atoms with Gasteiger partial charge in [0.15, 0.2) is 0 Å². The molecule has 1 aromatic heterocycles. The van der Waals surface area contributed by atoms with Gasteiger partial charge < -0.3 is 11.1 Å². The van der Waals surface area contributed by atoms with E-state index in [4.69, 9.17) is 5.73 Å². The van der Waals surface area contributed by atoms with Gasteiger partial charge in [0, 0.05) is 17.6 Å². The first-order chi connectivity index (χ1) is 14.7. The fourth-order valence-electron chi connectivity index (χ4n) is 3.07. The third-order valence-electron chi connectivity index (χ3n) is 4.72. The lowest BCUT2D eigenvalue weighted by Crippen LogP contribution is -2.16. The molecule has 0 fully saturated rings. The highest BCUT2D eigenvalue weighted by atomic mass is 19.4. The average molecular weight is 456 g/mol. The lowest BCUT2D eigenvalue weighted by molar-refractivity contribution is -0.143. The number of hydrogen-bond donors (Lipinski definition) is 2. The number of nitrogens with two attached hydrogens (primary N) is 1. The Kier molecular flexibility index (Phi) is 5.94. The van der Waals surface area contributed by atoms with E-state index in [1.54, 1.807) is 12.1 Å². The summed E-state index contributed by atoms with van der Waals surface area (Å²) in [4.78, 5) is 12.6. The van der Waals surface area contributed by atoms with Crippen molar-refractivity contribution in [3.05, 3.63) is 76.1 Å². The average Bonchev–Trinajstić information content (AvgIpc) is 3.03. The van der Waals surface area contributed by atoms with Crippen molar-refractivity contribution in [3.63, 3.8) is 0 Å². The molecule has 0 atom stereocenters. The topological polar surface area (TPSA) is 72.9 Å². The summed E-state index contributed by atoms with van der Waals surface area (Å²) >= 11 is 0. The second-order valence-corrected chi connectivity index (χ2v) is 7.27. The highest BCUT2D eigenvalue weighted by Crippen LogP contribution is 2.37. The Morgan fingerprint density at radius 2 is 1.59 bits per heavy atom. The maximum atomic E-state index is 13.0. The van der Waals surface area contributed by atoms with E-state index in [1.807, 2.05) is 13.0 Å². The van der Waals surface area contributed by atoms with Gasteiger partial charge in [-0.25, -0.2) is 0 Å². The Morgan fingerprint density at radius 1 is 1.00 bits per heavy atom. The minimum atomic E-state index is -5.02. The van der Waals surface area contributed by atoms with E-state index in [0.717, 1.165) is 11.1 Å². The third kappa shape index (κ3) is 5.21. The molecule has 170 valence electrons. The number of aromatic nitrogens is 2. The van der Waals surface area contributed by atoms with Crippen LogP contribution in [0.3, 0.4) is 0 Å². The summed E-state index contributed by atoms with van der Waals surface area (Å²) in [6.45, 7) is 3.63. The van der Waals surface area contributed by atoms with Crippen LogP contribution in [0.2, 0.25) is 0 Å². The van der Waals surface area contributed by atoms with E-state index in [9.17, 15) is 31.1 Å². The number of halogens is 6. The van der Waals surface area contributed by atoms with Crippen LogP contribution in [0.15, 0.2) is 42.6 Å². The molecular weight excluding hydrogens is 438 g/mol. The second-order valence-electron chi connectivity index (χ2n) is 7.27. The summed E-state index contributed by atoms with van der Waals surface area (Å²) in [5.74, 6) is -0.880. The van der Waals surface area contributed by atoms with Crippen LogP contribution < -0.4 is 11.1 Å². The van der Waals surface area contributed by atoms with Crippen molar-refractivity contribution in [1.82, 2.24) is 9.78 Å². The van der Waals surface area contributed by atoms with Crippen molar-refractivity contribution in [3.8, 4) is 0 Å². The van der Waals surface area contributed by atoms with E-state index in [1.165, 1.54) is 17.8 Å². The first-order valence-corrected chi connectivity index (χ1v) is 9.24. The van der Waals surface area contributed by atoms with Gasteiger partial charge >= 0.3 is 12.4 Å². The number of anilines is 2. The van der Waals surface area contributed by atoms with Gasteiger partial charge in [-0.15, -0.1) is 0 Å². The molecule has 3 N–H and O–H groups in total. The molecule has 0 aliphatic heterocycles. The Bertz CT molecular complexity index is 1130. The van der Waals surface area contributed by atoms with Gasteiger partial charge in [-0.1, -0.05) is 12.1 Å². The van der Waals surface area contributed by atoms with Crippen molar-refractivity contribution < 1.29 is 31.1 Å². The SMILES string of the molecule is Cc1cc(Cn2cc(C(=O)Nc3cc(C(F)(F)F)cc(C(F)(F)F)c3)c(C)n2)ccc1N. The predicted molar refractivity (Wildman–Crippen MR) is 106 cm³/mol. The van der Waals surface area contributed by atoms with Crippen LogP contribution in [-0.4, -0.2) is 15.7 Å². The molecule has 1 amide bonds. The second kappa shape index (κ2) is 8.21. The number of carbonyl (C=O) groups is 1. The summed E-state index contributed by atoms with van der Waals surface area (Å²) in [7, 11) is 0. The largest absolute Gasteiger partial charge is 0.416 e. The Labute approximate surface area is 178 Å². The number of amides is 1. The van der Waals surface area contributed by atoms with Gasteiger partial charge in [0.1, 0.15) is 0 Å². The molecule has 0 saturated carbocycles. The molecule has 32 heavy (non-hydrogen) atoms.